The van der Waals surface area contributed by atoms with Crippen molar-refractivity contribution in [1.82, 2.24) is 0 Å². The van der Waals surface area contributed by atoms with Crippen molar-refractivity contribution in [3.05, 3.63) is 0 Å². The summed E-state index contributed by atoms with van der Waals surface area (Å²) in [5.41, 5.74) is 0. The predicted octanol–water partition coefficient (Wildman–Crippen LogP) is 2.24. The largest absolute Gasteiger partial charge is 0.481 e. The summed E-state index contributed by atoms with van der Waals surface area (Å²) < 4.78 is 5.02. The van der Waals surface area contributed by atoms with Crippen molar-refractivity contribution in [1.29, 1.82) is 0 Å². The first kappa shape index (κ1) is 20.1. The molecule has 6 heteroatoms. The monoisotopic (exact) mass is 290 g/mol. The van der Waals surface area contributed by atoms with Crippen molar-refractivity contribution >= 4 is 29.3 Å². The minimum atomic E-state index is -0.620. The van der Waals surface area contributed by atoms with E-state index in [1.165, 1.54) is 6.42 Å². The third kappa shape index (κ3) is 6.15. The Morgan fingerprint density at radius 2 is 1.43 bits per heavy atom. The van der Waals surface area contributed by atoms with Crippen LogP contribution < -0.4 is 0 Å². The molecule has 0 atom stereocenters. The van der Waals surface area contributed by atoms with Gasteiger partial charge in [0.15, 0.2) is 0 Å². The Bertz CT molecular complexity index is 309. The summed E-state index contributed by atoms with van der Waals surface area (Å²) >= 11 is 0. The van der Waals surface area contributed by atoms with Gasteiger partial charge in [-0.2, -0.15) is 0 Å². The van der Waals surface area contributed by atoms with Gasteiger partial charge in [0.1, 0.15) is 6.10 Å². The van der Waals surface area contributed by atoms with Crippen LogP contribution in [0, 0.1) is 17.8 Å². The molecule has 0 aromatic carbocycles. The van der Waals surface area contributed by atoms with E-state index < -0.39 is 5.97 Å². The van der Waals surface area contributed by atoms with Gasteiger partial charge in [-0.05, 0) is 69.6 Å². The number of carbonyl (C=O) groups is 2. The standard InChI is InChI=1S/C15H24O4.2B/c16-10-19-14-7-3-12(4-8-14)9-11-1-5-13(6-2-11)15(17)18;;/h10-14H,1-9H2,(H,17,18);;. The van der Waals surface area contributed by atoms with E-state index in [0.717, 1.165) is 57.3 Å². The summed E-state index contributed by atoms with van der Waals surface area (Å²) in [6, 6.07) is 0. The van der Waals surface area contributed by atoms with Crippen LogP contribution in [0.15, 0.2) is 0 Å². The Balaban J connectivity index is 0.00000200. The number of hydrogen-bond acceptors (Lipinski definition) is 3. The molecule has 0 aromatic heterocycles. The van der Waals surface area contributed by atoms with Crippen LogP contribution in [0.25, 0.3) is 0 Å². The lowest BCUT2D eigenvalue weighted by Gasteiger charge is -2.32. The Hall–Kier alpha value is -0.930. The minimum absolute atomic E-state index is 0. The summed E-state index contributed by atoms with van der Waals surface area (Å²) in [7, 11) is 0. The second-order valence-corrected chi connectivity index (χ2v) is 6.17. The number of aliphatic carboxylic acids is 1. The molecule has 2 aliphatic carbocycles. The van der Waals surface area contributed by atoms with Gasteiger partial charge in [-0.1, -0.05) is 0 Å². The number of carbonyl (C=O) groups excluding carboxylic acids is 1. The third-order valence-electron chi connectivity index (χ3n) is 4.90. The highest BCUT2D eigenvalue weighted by Crippen LogP contribution is 2.37. The molecule has 2 fully saturated rings. The van der Waals surface area contributed by atoms with E-state index >= 15 is 0 Å². The Morgan fingerprint density at radius 3 is 1.86 bits per heavy atom. The van der Waals surface area contributed by atoms with Gasteiger partial charge in [0, 0.05) is 16.8 Å². The van der Waals surface area contributed by atoms with Gasteiger partial charge < -0.3 is 9.84 Å². The number of carboxylic acid groups (broad SMARTS) is 1. The maximum Gasteiger partial charge on any atom is 0.306 e. The second kappa shape index (κ2) is 9.91. The van der Waals surface area contributed by atoms with Crippen molar-refractivity contribution in [2.45, 2.75) is 63.9 Å². The fraction of sp³-hybridized carbons (Fsp3) is 0.867. The average molecular weight is 290 g/mol. The van der Waals surface area contributed by atoms with Crippen LogP contribution in [-0.2, 0) is 14.3 Å². The summed E-state index contributed by atoms with van der Waals surface area (Å²) in [4.78, 5) is 21.2. The summed E-state index contributed by atoms with van der Waals surface area (Å²) in [6.07, 6.45) is 9.50. The van der Waals surface area contributed by atoms with E-state index in [2.05, 4.69) is 0 Å². The zero-order valence-electron chi connectivity index (χ0n) is 12.6. The molecule has 2 rings (SSSR count). The van der Waals surface area contributed by atoms with Crippen molar-refractivity contribution in [2.24, 2.45) is 17.8 Å². The molecule has 1 N–H and O–H groups in total. The highest BCUT2D eigenvalue weighted by Gasteiger charge is 2.29. The first-order valence-electron chi connectivity index (χ1n) is 7.51. The van der Waals surface area contributed by atoms with Crippen molar-refractivity contribution in [2.75, 3.05) is 0 Å². The molecular formula is C15H24B2O4. The molecule has 0 aromatic rings. The quantitative estimate of drug-likeness (QED) is 0.623. The van der Waals surface area contributed by atoms with Gasteiger partial charge in [0.05, 0.1) is 5.92 Å². The molecule has 6 radical (unpaired) electrons. The topological polar surface area (TPSA) is 63.6 Å². The van der Waals surface area contributed by atoms with Gasteiger partial charge in [-0.3, -0.25) is 9.59 Å². The van der Waals surface area contributed by atoms with Crippen LogP contribution >= 0.6 is 0 Å². The van der Waals surface area contributed by atoms with E-state index in [9.17, 15) is 9.59 Å². The molecule has 0 unspecified atom stereocenters. The number of carboxylic acids is 1. The Morgan fingerprint density at radius 1 is 0.952 bits per heavy atom. The molecule has 0 spiro atoms. The van der Waals surface area contributed by atoms with E-state index in [0.29, 0.717) is 12.4 Å². The molecule has 0 bridgehead atoms. The van der Waals surface area contributed by atoms with Gasteiger partial charge >= 0.3 is 5.97 Å². The number of hydrogen-bond donors (Lipinski definition) is 1. The molecule has 4 nitrogen and oxygen atoms in total. The highest BCUT2D eigenvalue weighted by molar-refractivity contribution is 5.76. The summed E-state index contributed by atoms with van der Waals surface area (Å²) in [5.74, 6) is 0.736. The Kier molecular flexibility index (Phi) is 9.47. The number of rotatable bonds is 5. The van der Waals surface area contributed by atoms with Crippen molar-refractivity contribution < 1.29 is 19.4 Å². The molecule has 0 aliphatic heterocycles. The Labute approximate surface area is 131 Å². The van der Waals surface area contributed by atoms with E-state index in [1.54, 1.807) is 0 Å². The van der Waals surface area contributed by atoms with Gasteiger partial charge in [0.25, 0.3) is 6.47 Å². The van der Waals surface area contributed by atoms with Crippen LogP contribution in [-0.4, -0.2) is 40.5 Å². The number of ether oxygens (including phenoxy) is 1. The summed E-state index contributed by atoms with van der Waals surface area (Å²) in [5, 5.41) is 8.98. The van der Waals surface area contributed by atoms with E-state index in [-0.39, 0.29) is 28.8 Å². The molecule has 0 saturated heterocycles. The van der Waals surface area contributed by atoms with Crippen LogP contribution in [0.2, 0.25) is 0 Å². The smallest absolute Gasteiger partial charge is 0.306 e. The van der Waals surface area contributed by atoms with Gasteiger partial charge in [-0.15, -0.1) is 0 Å². The fourth-order valence-electron chi connectivity index (χ4n) is 3.70. The van der Waals surface area contributed by atoms with Crippen LogP contribution in [0.4, 0.5) is 0 Å². The molecular weight excluding hydrogens is 266 g/mol. The van der Waals surface area contributed by atoms with Crippen molar-refractivity contribution in [3.8, 4) is 0 Å². The lowest BCUT2D eigenvalue weighted by Crippen LogP contribution is -2.25. The lowest BCUT2D eigenvalue weighted by molar-refractivity contribution is -0.143. The van der Waals surface area contributed by atoms with Gasteiger partial charge in [-0.25, -0.2) is 0 Å². The van der Waals surface area contributed by atoms with Crippen LogP contribution in [0.3, 0.4) is 0 Å². The maximum absolute atomic E-state index is 10.9. The fourth-order valence-corrected chi connectivity index (χ4v) is 3.70. The first-order valence-corrected chi connectivity index (χ1v) is 7.51. The van der Waals surface area contributed by atoms with E-state index in [4.69, 9.17) is 9.84 Å². The summed E-state index contributed by atoms with van der Waals surface area (Å²) in [6.45, 7) is 0.568. The molecule has 0 heterocycles. The highest BCUT2D eigenvalue weighted by atomic mass is 16.5. The zero-order valence-corrected chi connectivity index (χ0v) is 12.6. The molecule has 2 aliphatic rings. The first-order chi connectivity index (χ1) is 9.19. The molecule has 21 heavy (non-hydrogen) atoms. The predicted molar refractivity (Wildman–Crippen MR) is 82.1 cm³/mol. The lowest BCUT2D eigenvalue weighted by atomic mass is 9.74. The van der Waals surface area contributed by atoms with E-state index in [1.807, 2.05) is 0 Å². The second-order valence-electron chi connectivity index (χ2n) is 6.17. The van der Waals surface area contributed by atoms with Crippen LogP contribution in [0.5, 0.6) is 0 Å². The van der Waals surface area contributed by atoms with Crippen LogP contribution in [0.1, 0.15) is 57.8 Å². The zero-order chi connectivity index (χ0) is 13.7. The normalized spacial score (nSPS) is 32.2. The third-order valence-corrected chi connectivity index (χ3v) is 4.90. The minimum Gasteiger partial charge on any atom is -0.481 e. The maximum atomic E-state index is 10.9. The SMILES string of the molecule is O=COC1CCC(CC2CCC(C(=O)O)CC2)CC1.[B].[B]. The molecule has 2 saturated carbocycles. The molecule has 114 valence electrons. The van der Waals surface area contributed by atoms with Crippen molar-refractivity contribution in [3.63, 3.8) is 0 Å². The van der Waals surface area contributed by atoms with Gasteiger partial charge in [0.2, 0.25) is 0 Å². The molecule has 0 amide bonds. The average Bonchev–Trinajstić information content (AvgIpc) is 2.42.